The summed E-state index contributed by atoms with van der Waals surface area (Å²) in [6.45, 7) is 1.14. The van der Waals surface area contributed by atoms with Crippen molar-refractivity contribution in [1.29, 1.82) is 0 Å². The quantitative estimate of drug-likeness (QED) is 0.933. The van der Waals surface area contributed by atoms with Gasteiger partial charge in [0.25, 0.3) is 0 Å². The summed E-state index contributed by atoms with van der Waals surface area (Å²) in [6, 6.07) is 7.94. The fraction of sp³-hybridized carbons (Fsp3) is 0.438. The molecule has 2 heterocycles. The Labute approximate surface area is 124 Å². The number of fused-ring (bicyclic) bond motifs is 1. The van der Waals surface area contributed by atoms with Gasteiger partial charge in [-0.25, -0.2) is 0 Å². The molecule has 2 atom stereocenters. The van der Waals surface area contributed by atoms with Crippen LogP contribution >= 0.6 is 0 Å². The Balaban J connectivity index is 1.74. The average molecular weight is 288 g/mol. The fourth-order valence-electron chi connectivity index (χ4n) is 2.48. The second-order valence-corrected chi connectivity index (χ2v) is 5.30. The predicted octanol–water partition coefficient (Wildman–Crippen LogP) is 2.13. The zero-order chi connectivity index (χ0) is 14.7. The zero-order valence-corrected chi connectivity index (χ0v) is 12.1. The third kappa shape index (κ3) is 3.25. The lowest BCUT2D eigenvalue weighted by Gasteiger charge is -2.26. The fourth-order valence-corrected chi connectivity index (χ4v) is 2.48. The van der Waals surface area contributed by atoms with Crippen molar-refractivity contribution in [3.8, 4) is 11.5 Å². The standard InChI is InChI=1S/C16H20N2O3/c1-19-13-7-14-15(18-8-13)3-2-4-16(14)21-10-12-6-5-11(17)9-20-12/h2-4,7-8,11-12H,5-6,9-10,17H2,1H3/t11-,12+/m1/s1. The van der Waals surface area contributed by atoms with Crippen molar-refractivity contribution in [2.75, 3.05) is 20.3 Å². The van der Waals surface area contributed by atoms with Gasteiger partial charge in [0.15, 0.2) is 0 Å². The number of benzene rings is 1. The molecule has 2 N–H and O–H groups in total. The van der Waals surface area contributed by atoms with Gasteiger partial charge in [-0.3, -0.25) is 4.98 Å². The van der Waals surface area contributed by atoms with Crippen LogP contribution in [0.2, 0.25) is 0 Å². The average Bonchev–Trinajstić information content (AvgIpc) is 2.54. The molecule has 0 radical (unpaired) electrons. The lowest BCUT2D eigenvalue weighted by molar-refractivity contribution is -0.0194. The SMILES string of the molecule is COc1cnc2cccc(OC[C@@H]3CC[C@@H](N)CO3)c2c1. The molecule has 1 aromatic heterocycles. The summed E-state index contributed by atoms with van der Waals surface area (Å²) in [5.41, 5.74) is 6.71. The molecule has 0 saturated carbocycles. The van der Waals surface area contributed by atoms with Crippen LogP contribution in [-0.2, 0) is 4.74 Å². The van der Waals surface area contributed by atoms with Gasteiger partial charge in [-0.1, -0.05) is 6.07 Å². The second kappa shape index (κ2) is 6.28. The number of pyridine rings is 1. The zero-order valence-electron chi connectivity index (χ0n) is 12.1. The number of hydrogen-bond donors (Lipinski definition) is 1. The van der Waals surface area contributed by atoms with Crippen LogP contribution in [0.15, 0.2) is 30.5 Å². The summed E-state index contributed by atoms with van der Waals surface area (Å²) in [7, 11) is 1.63. The van der Waals surface area contributed by atoms with E-state index in [9.17, 15) is 0 Å². The van der Waals surface area contributed by atoms with Gasteiger partial charge in [-0.2, -0.15) is 0 Å². The van der Waals surface area contributed by atoms with Gasteiger partial charge >= 0.3 is 0 Å². The van der Waals surface area contributed by atoms with Gasteiger partial charge in [0.1, 0.15) is 18.1 Å². The van der Waals surface area contributed by atoms with Crippen LogP contribution in [0.25, 0.3) is 10.9 Å². The number of ether oxygens (including phenoxy) is 3. The van der Waals surface area contributed by atoms with Gasteiger partial charge in [0, 0.05) is 11.4 Å². The predicted molar refractivity (Wildman–Crippen MR) is 80.7 cm³/mol. The molecule has 2 aromatic rings. The van der Waals surface area contributed by atoms with E-state index < -0.39 is 0 Å². The van der Waals surface area contributed by atoms with E-state index in [1.165, 1.54) is 0 Å². The Morgan fingerprint density at radius 2 is 2.29 bits per heavy atom. The highest BCUT2D eigenvalue weighted by atomic mass is 16.5. The van der Waals surface area contributed by atoms with Crippen molar-refractivity contribution in [1.82, 2.24) is 4.98 Å². The first-order valence-corrected chi connectivity index (χ1v) is 7.19. The van der Waals surface area contributed by atoms with E-state index in [0.717, 1.165) is 35.2 Å². The van der Waals surface area contributed by atoms with Gasteiger partial charge in [0.2, 0.25) is 0 Å². The van der Waals surface area contributed by atoms with Crippen LogP contribution in [0.5, 0.6) is 11.5 Å². The second-order valence-electron chi connectivity index (χ2n) is 5.30. The van der Waals surface area contributed by atoms with Crippen molar-refractivity contribution < 1.29 is 14.2 Å². The van der Waals surface area contributed by atoms with E-state index in [-0.39, 0.29) is 12.1 Å². The van der Waals surface area contributed by atoms with E-state index in [1.807, 2.05) is 24.3 Å². The normalized spacial score (nSPS) is 22.2. The van der Waals surface area contributed by atoms with E-state index in [0.29, 0.717) is 13.2 Å². The lowest BCUT2D eigenvalue weighted by atomic mass is 10.1. The summed E-state index contributed by atoms with van der Waals surface area (Å²) < 4.78 is 16.8. The summed E-state index contributed by atoms with van der Waals surface area (Å²) in [5.74, 6) is 1.52. The van der Waals surface area contributed by atoms with Gasteiger partial charge in [0.05, 0.1) is 31.5 Å². The molecule has 5 heteroatoms. The maximum Gasteiger partial charge on any atom is 0.137 e. The maximum atomic E-state index is 5.93. The summed E-state index contributed by atoms with van der Waals surface area (Å²) >= 11 is 0. The molecule has 5 nitrogen and oxygen atoms in total. The van der Waals surface area contributed by atoms with Crippen LogP contribution in [-0.4, -0.2) is 37.5 Å². The molecule has 0 aliphatic carbocycles. The molecule has 21 heavy (non-hydrogen) atoms. The molecule has 0 spiro atoms. The maximum absolute atomic E-state index is 5.93. The number of aromatic nitrogens is 1. The van der Waals surface area contributed by atoms with Crippen molar-refractivity contribution in [2.45, 2.75) is 25.0 Å². The molecule has 0 bridgehead atoms. The summed E-state index contributed by atoms with van der Waals surface area (Å²) in [5, 5.41) is 0.948. The van der Waals surface area contributed by atoms with Gasteiger partial charge in [-0.05, 0) is 31.0 Å². The Hall–Kier alpha value is -1.85. The van der Waals surface area contributed by atoms with Gasteiger partial charge < -0.3 is 19.9 Å². The monoisotopic (exact) mass is 288 g/mol. The molecule has 1 aliphatic heterocycles. The van der Waals surface area contributed by atoms with E-state index in [2.05, 4.69) is 4.98 Å². The third-order valence-electron chi connectivity index (χ3n) is 3.73. The molecule has 0 unspecified atom stereocenters. The molecule has 1 aliphatic rings. The van der Waals surface area contributed by atoms with Gasteiger partial charge in [-0.15, -0.1) is 0 Å². The minimum Gasteiger partial charge on any atom is -0.495 e. The third-order valence-corrected chi connectivity index (χ3v) is 3.73. The highest BCUT2D eigenvalue weighted by Gasteiger charge is 2.19. The first kappa shape index (κ1) is 14.1. The molecule has 112 valence electrons. The summed E-state index contributed by atoms with van der Waals surface area (Å²) in [4.78, 5) is 4.36. The number of methoxy groups -OCH3 is 1. The van der Waals surface area contributed by atoms with Crippen LogP contribution in [0.3, 0.4) is 0 Å². The van der Waals surface area contributed by atoms with E-state index >= 15 is 0 Å². The topological polar surface area (TPSA) is 66.6 Å². The summed E-state index contributed by atoms with van der Waals surface area (Å²) in [6.07, 6.45) is 3.74. The molecule has 1 saturated heterocycles. The van der Waals surface area contributed by atoms with Crippen LogP contribution < -0.4 is 15.2 Å². The lowest BCUT2D eigenvalue weighted by Crippen LogP contribution is -2.37. The molecular weight excluding hydrogens is 268 g/mol. The van der Waals surface area contributed by atoms with Crippen molar-refractivity contribution in [2.24, 2.45) is 5.73 Å². The minimum atomic E-state index is 0.110. The Bertz CT molecular complexity index is 609. The molecule has 1 fully saturated rings. The highest BCUT2D eigenvalue weighted by molar-refractivity contribution is 5.86. The first-order valence-electron chi connectivity index (χ1n) is 7.19. The number of rotatable bonds is 4. The highest BCUT2D eigenvalue weighted by Crippen LogP contribution is 2.28. The minimum absolute atomic E-state index is 0.110. The molecular formula is C16H20N2O3. The number of hydrogen-bond acceptors (Lipinski definition) is 5. The Kier molecular flexibility index (Phi) is 4.22. The Morgan fingerprint density at radius 3 is 3.05 bits per heavy atom. The van der Waals surface area contributed by atoms with Crippen molar-refractivity contribution >= 4 is 10.9 Å². The smallest absolute Gasteiger partial charge is 0.137 e. The number of nitrogens with two attached hydrogens (primary N) is 1. The molecule has 3 rings (SSSR count). The molecule has 0 amide bonds. The number of nitrogens with zero attached hydrogens (tertiary/aromatic N) is 1. The van der Waals surface area contributed by atoms with Crippen LogP contribution in [0, 0.1) is 0 Å². The van der Waals surface area contributed by atoms with E-state index in [4.69, 9.17) is 19.9 Å². The largest absolute Gasteiger partial charge is 0.495 e. The van der Waals surface area contributed by atoms with Crippen LogP contribution in [0.4, 0.5) is 0 Å². The van der Waals surface area contributed by atoms with E-state index in [1.54, 1.807) is 13.3 Å². The molecule has 1 aromatic carbocycles. The van der Waals surface area contributed by atoms with Crippen molar-refractivity contribution in [3.05, 3.63) is 30.5 Å². The first-order chi connectivity index (χ1) is 10.3. The van der Waals surface area contributed by atoms with Crippen molar-refractivity contribution in [3.63, 3.8) is 0 Å². The van der Waals surface area contributed by atoms with Crippen LogP contribution in [0.1, 0.15) is 12.8 Å². The Morgan fingerprint density at radius 1 is 1.38 bits per heavy atom.